The van der Waals surface area contributed by atoms with Crippen molar-refractivity contribution in [3.63, 3.8) is 0 Å². The molecule has 2 aliphatic heterocycles. The minimum atomic E-state index is -0.412. The number of aromatic nitrogens is 2. The van der Waals surface area contributed by atoms with E-state index in [0.29, 0.717) is 6.61 Å². The standard InChI is InChI=1S/C26H27FN4O2/c1-18-15-30(17-28-18)23-11-6-19(14-24(23)32-3)13-20-5-4-12-31-25(20)29-33-16-26(31,2)21-7-9-22(27)10-8-21/h6-11,13-15,17H,4-5,12,16H2,1-3H3/b20-13+/t26-/m0/s1. The van der Waals surface area contributed by atoms with Crippen molar-refractivity contribution in [2.24, 2.45) is 5.16 Å². The first-order valence-electron chi connectivity index (χ1n) is 11.1. The zero-order valence-electron chi connectivity index (χ0n) is 19.1. The number of benzene rings is 2. The van der Waals surface area contributed by atoms with Crippen molar-refractivity contribution in [3.05, 3.63) is 83.2 Å². The Morgan fingerprint density at radius 2 is 2.00 bits per heavy atom. The third kappa shape index (κ3) is 3.88. The molecule has 2 aromatic carbocycles. The van der Waals surface area contributed by atoms with Crippen LogP contribution in [0.4, 0.5) is 4.39 Å². The lowest BCUT2D eigenvalue weighted by Crippen LogP contribution is -2.55. The van der Waals surface area contributed by atoms with Crippen LogP contribution in [0.2, 0.25) is 0 Å². The summed E-state index contributed by atoms with van der Waals surface area (Å²) in [5, 5.41) is 4.43. The van der Waals surface area contributed by atoms with Crippen molar-refractivity contribution in [1.29, 1.82) is 0 Å². The Labute approximate surface area is 192 Å². The van der Waals surface area contributed by atoms with Crippen LogP contribution >= 0.6 is 0 Å². The van der Waals surface area contributed by atoms with Gasteiger partial charge in [0.05, 0.1) is 24.8 Å². The molecule has 7 heteroatoms. The number of halogens is 1. The summed E-state index contributed by atoms with van der Waals surface area (Å²) < 4.78 is 21.2. The summed E-state index contributed by atoms with van der Waals surface area (Å²) in [7, 11) is 1.68. The Hall–Kier alpha value is -3.61. The van der Waals surface area contributed by atoms with Gasteiger partial charge in [-0.25, -0.2) is 9.37 Å². The molecular weight excluding hydrogens is 419 g/mol. The van der Waals surface area contributed by atoms with Gasteiger partial charge in [0.15, 0.2) is 5.84 Å². The van der Waals surface area contributed by atoms with Crippen molar-refractivity contribution >= 4 is 11.9 Å². The van der Waals surface area contributed by atoms with Crippen LogP contribution in [-0.4, -0.2) is 40.5 Å². The van der Waals surface area contributed by atoms with Gasteiger partial charge >= 0.3 is 0 Å². The van der Waals surface area contributed by atoms with Crippen molar-refractivity contribution in [2.75, 3.05) is 20.3 Å². The zero-order valence-corrected chi connectivity index (χ0v) is 19.1. The molecule has 0 radical (unpaired) electrons. The highest BCUT2D eigenvalue weighted by molar-refractivity contribution is 6.03. The predicted octanol–water partition coefficient (Wildman–Crippen LogP) is 5.07. The van der Waals surface area contributed by atoms with E-state index in [1.54, 1.807) is 13.4 Å². The Morgan fingerprint density at radius 3 is 2.73 bits per heavy atom. The number of amidine groups is 1. The number of oxime groups is 1. The molecule has 0 amide bonds. The maximum absolute atomic E-state index is 13.5. The van der Waals surface area contributed by atoms with E-state index in [2.05, 4.69) is 34.1 Å². The summed E-state index contributed by atoms with van der Waals surface area (Å²) >= 11 is 0. The number of fused-ring (bicyclic) bond motifs is 1. The maximum Gasteiger partial charge on any atom is 0.172 e. The maximum atomic E-state index is 13.5. The number of piperidine rings is 1. The number of ether oxygens (including phenoxy) is 1. The van der Waals surface area contributed by atoms with Crippen LogP contribution in [-0.2, 0) is 10.4 Å². The van der Waals surface area contributed by atoms with Crippen LogP contribution < -0.4 is 4.74 Å². The van der Waals surface area contributed by atoms with E-state index in [1.807, 2.05) is 42.0 Å². The Balaban J connectivity index is 1.48. The third-order valence-electron chi connectivity index (χ3n) is 6.46. The Kier molecular flexibility index (Phi) is 5.40. The molecular formula is C26H27FN4O2. The van der Waals surface area contributed by atoms with E-state index in [-0.39, 0.29) is 5.82 Å². The molecule has 3 aromatic rings. The quantitative estimate of drug-likeness (QED) is 0.562. The van der Waals surface area contributed by atoms with Crippen molar-refractivity contribution < 1.29 is 14.0 Å². The van der Waals surface area contributed by atoms with Gasteiger partial charge in [-0.1, -0.05) is 23.4 Å². The largest absolute Gasteiger partial charge is 0.495 e. The molecule has 33 heavy (non-hydrogen) atoms. The first-order valence-corrected chi connectivity index (χ1v) is 11.1. The highest BCUT2D eigenvalue weighted by Crippen LogP contribution is 2.37. The van der Waals surface area contributed by atoms with Crippen LogP contribution in [0.25, 0.3) is 11.8 Å². The van der Waals surface area contributed by atoms with Gasteiger partial charge in [-0.05, 0) is 73.7 Å². The molecule has 0 unspecified atom stereocenters. The summed E-state index contributed by atoms with van der Waals surface area (Å²) in [4.78, 5) is 12.3. The normalized spacial score (nSPS) is 21.4. The van der Waals surface area contributed by atoms with E-state index in [0.717, 1.165) is 59.1 Å². The summed E-state index contributed by atoms with van der Waals surface area (Å²) in [5.74, 6) is 1.37. The molecule has 1 saturated heterocycles. The zero-order chi connectivity index (χ0) is 23.0. The monoisotopic (exact) mass is 446 g/mol. The molecule has 0 saturated carbocycles. The van der Waals surface area contributed by atoms with Crippen LogP contribution in [0.5, 0.6) is 5.75 Å². The predicted molar refractivity (Wildman–Crippen MR) is 126 cm³/mol. The van der Waals surface area contributed by atoms with Crippen molar-refractivity contribution in [3.8, 4) is 11.4 Å². The summed E-state index contributed by atoms with van der Waals surface area (Å²) in [6.07, 6.45) is 7.82. The molecule has 3 heterocycles. The molecule has 0 N–H and O–H groups in total. The first-order chi connectivity index (χ1) is 16.0. The van der Waals surface area contributed by atoms with E-state index in [1.165, 1.54) is 12.1 Å². The molecule has 1 fully saturated rings. The van der Waals surface area contributed by atoms with Gasteiger partial charge in [-0.2, -0.15) is 0 Å². The molecule has 1 atom stereocenters. The molecule has 2 aliphatic rings. The van der Waals surface area contributed by atoms with Crippen LogP contribution in [0.15, 0.2) is 65.7 Å². The summed E-state index contributed by atoms with van der Waals surface area (Å²) in [5.41, 5.74) is 4.63. The van der Waals surface area contributed by atoms with E-state index in [4.69, 9.17) is 9.57 Å². The SMILES string of the molecule is COc1cc(/C=C2\CCCN3C2=NOC[C@@]3(C)c2ccc(F)cc2)ccc1-n1cnc(C)c1. The highest BCUT2D eigenvalue weighted by Gasteiger charge is 2.42. The van der Waals surface area contributed by atoms with E-state index in [9.17, 15) is 4.39 Å². The third-order valence-corrected chi connectivity index (χ3v) is 6.46. The smallest absolute Gasteiger partial charge is 0.172 e. The molecule has 6 nitrogen and oxygen atoms in total. The molecule has 0 aliphatic carbocycles. The van der Waals surface area contributed by atoms with Gasteiger partial charge in [0, 0.05) is 12.7 Å². The summed E-state index contributed by atoms with van der Waals surface area (Å²) in [6.45, 7) is 5.38. The van der Waals surface area contributed by atoms with E-state index >= 15 is 0 Å². The Bertz CT molecular complexity index is 1230. The van der Waals surface area contributed by atoms with Crippen LogP contribution in [0.1, 0.15) is 36.6 Å². The van der Waals surface area contributed by atoms with Gasteiger partial charge in [0.25, 0.3) is 0 Å². The van der Waals surface area contributed by atoms with Gasteiger partial charge in [0.1, 0.15) is 23.7 Å². The fourth-order valence-corrected chi connectivity index (χ4v) is 4.64. The van der Waals surface area contributed by atoms with Crippen LogP contribution in [0.3, 0.4) is 0 Å². The topological polar surface area (TPSA) is 51.9 Å². The molecule has 0 bridgehead atoms. The lowest BCUT2D eigenvalue weighted by Gasteiger charge is -2.47. The second-order valence-electron chi connectivity index (χ2n) is 8.75. The van der Waals surface area contributed by atoms with Crippen molar-refractivity contribution in [2.45, 2.75) is 32.2 Å². The van der Waals surface area contributed by atoms with Crippen LogP contribution in [0, 0.1) is 12.7 Å². The van der Waals surface area contributed by atoms with Crippen molar-refractivity contribution in [1.82, 2.24) is 14.5 Å². The number of rotatable bonds is 4. The molecule has 170 valence electrons. The fraction of sp³-hybridized carbons (Fsp3) is 0.308. The molecule has 1 aromatic heterocycles. The second-order valence-corrected chi connectivity index (χ2v) is 8.75. The molecule has 5 rings (SSSR count). The average Bonchev–Trinajstić information content (AvgIpc) is 3.26. The minimum Gasteiger partial charge on any atom is -0.495 e. The summed E-state index contributed by atoms with van der Waals surface area (Å²) in [6, 6.07) is 12.8. The lowest BCUT2D eigenvalue weighted by atomic mass is 9.86. The number of nitrogens with zero attached hydrogens (tertiary/aromatic N) is 4. The number of methoxy groups -OCH3 is 1. The van der Waals surface area contributed by atoms with Gasteiger partial charge in [-0.15, -0.1) is 0 Å². The number of aryl methyl sites for hydroxylation is 1. The first kappa shape index (κ1) is 21.2. The number of imidazole rings is 1. The Morgan fingerprint density at radius 1 is 1.18 bits per heavy atom. The van der Waals surface area contributed by atoms with E-state index < -0.39 is 5.54 Å². The average molecular weight is 447 g/mol. The highest BCUT2D eigenvalue weighted by atomic mass is 19.1. The second kappa shape index (κ2) is 8.39. The van der Waals surface area contributed by atoms with Gasteiger partial charge < -0.3 is 19.0 Å². The fourth-order valence-electron chi connectivity index (χ4n) is 4.64. The lowest BCUT2D eigenvalue weighted by molar-refractivity contribution is 0.00241. The van der Waals surface area contributed by atoms with Gasteiger partial charge in [-0.3, -0.25) is 0 Å². The number of hydrogen-bond acceptors (Lipinski definition) is 5. The van der Waals surface area contributed by atoms with Gasteiger partial charge in [0.2, 0.25) is 0 Å². The minimum absolute atomic E-state index is 0.240. The molecule has 0 spiro atoms. The number of hydrogen-bond donors (Lipinski definition) is 0.